The standard InChI is InChI=1S/C13H17N3O3/c1-7-4-5-9-8(6-7)10(17)11(13(2,3)19-9)15-16-12(14)18/h4-6,11,15H,1-3H3,(H3,14,16,18). The van der Waals surface area contributed by atoms with Crippen molar-refractivity contribution in [1.29, 1.82) is 0 Å². The van der Waals surface area contributed by atoms with Gasteiger partial charge in [0.1, 0.15) is 17.4 Å². The number of rotatable bonds is 2. The Morgan fingerprint density at radius 2 is 2.11 bits per heavy atom. The van der Waals surface area contributed by atoms with Gasteiger partial charge in [0, 0.05) is 0 Å². The Balaban J connectivity index is 2.35. The first-order chi connectivity index (χ1) is 8.81. The largest absolute Gasteiger partial charge is 0.485 e. The maximum absolute atomic E-state index is 12.5. The van der Waals surface area contributed by atoms with Crippen LogP contribution >= 0.6 is 0 Å². The van der Waals surface area contributed by atoms with Crippen LogP contribution in [0.1, 0.15) is 29.8 Å². The average Bonchev–Trinajstić information content (AvgIpc) is 2.29. The van der Waals surface area contributed by atoms with Crippen LogP contribution in [0.5, 0.6) is 5.75 Å². The summed E-state index contributed by atoms with van der Waals surface area (Å²) >= 11 is 0. The molecule has 2 rings (SSSR count). The van der Waals surface area contributed by atoms with Crippen LogP contribution < -0.4 is 21.3 Å². The number of fused-ring (bicyclic) bond motifs is 1. The predicted octanol–water partition coefficient (Wildman–Crippen LogP) is 0.890. The molecule has 1 aromatic rings. The molecule has 0 fully saturated rings. The number of ether oxygens (including phenoxy) is 1. The third-order valence-corrected chi connectivity index (χ3v) is 3.07. The minimum Gasteiger partial charge on any atom is -0.485 e. The maximum atomic E-state index is 12.5. The second-order valence-corrected chi connectivity index (χ2v) is 5.14. The molecular formula is C13H17N3O3. The molecule has 0 saturated heterocycles. The number of carbonyl (C=O) groups excluding carboxylic acids is 2. The number of nitrogens with two attached hydrogens (primary N) is 1. The van der Waals surface area contributed by atoms with E-state index in [9.17, 15) is 9.59 Å². The van der Waals surface area contributed by atoms with Gasteiger partial charge in [-0.05, 0) is 32.9 Å². The second-order valence-electron chi connectivity index (χ2n) is 5.14. The summed E-state index contributed by atoms with van der Waals surface area (Å²) in [4.78, 5) is 23.2. The van der Waals surface area contributed by atoms with Crippen molar-refractivity contribution in [3.8, 4) is 5.75 Å². The molecule has 102 valence electrons. The Hall–Kier alpha value is -2.08. The SMILES string of the molecule is Cc1ccc2c(c1)C(=O)C(NNC(N)=O)C(C)(C)O2. The first-order valence-electron chi connectivity index (χ1n) is 5.96. The summed E-state index contributed by atoms with van der Waals surface area (Å²) in [5, 5.41) is 0. The van der Waals surface area contributed by atoms with E-state index in [-0.39, 0.29) is 5.78 Å². The summed E-state index contributed by atoms with van der Waals surface area (Å²) < 4.78 is 5.81. The van der Waals surface area contributed by atoms with Crippen LogP contribution in [0.3, 0.4) is 0 Å². The lowest BCUT2D eigenvalue weighted by Crippen LogP contribution is -2.62. The molecule has 0 saturated carbocycles. The Labute approximate surface area is 111 Å². The van der Waals surface area contributed by atoms with Gasteiger partial charge in [-0.1, -0.05) is 11.6 Å². The summed E-state index contributed by atoms with van der Waals surface area (Å²) in [6.07, 6.45) is 0. The lowest BCUT2D eigenvalue weighted by Gasteiger charge is -2.39. The number of urea groups is 1. The van der Waals surface area contributed by atoms with E-state index in [1.165, 1.54) is 0 Å². The van der Waals surface area contributed by atoms with E-state index >= 15 is 0 Å². The molecule has 0 radical (unpaired) electrons. The highest BCUT2D eigenvalue weighted by atomic mass is 16.5. The predicted molar refractivity (Wildman–Crippen MR) is 69.9 cm³/mol. The lowest BCUT2D eigenvalue weighted by atomic mass is 9.87. The fourth-order valence-electron chi connectivity index (χ4n) is 2.12. The molecule has 1 unspecified atom stereocenters. The van der Waals surface area contributed by atoms with Crippen LogP contribution in [0.2, 0.25) is 0 Å². The van der Waals surface area contributed by atoms with Crippen molar-refractivity contribution in [3.63, 3.8) is 0 Å². The molecule has 2 amide bonds. The van der Waals surface area contributed by atoms with Crippen molar-refractivity contribution in [1.82, 2.24) is 10.9 Å². The third kappa shape index (κ3) is 2.53. The molecule has 1 aromatic carbocycles. The van der Waals surface area contributed by atoms with Crippen molar-refractivity contribution >= 4 is 11.8 Å². The highest BCUT2D eigenvalue weighted by molar-refractivity contribution is 6.04. The van der Waals surface area contributed by atoms with Crippen LogP contribution in [0, 0.1) is 6.92 Å². The number of Topliss-reactive ketones (excluding diaryl/α,β-unsaturated/α-hetero) is 1. The van der Waals surface area contributed by atoms with Gasteiger partial charge in [0.2, 0.25) is 0 Å². The normalized spacial score (nSPS) is 20.4. The van der Waals surface area contributed by atoms with E-state index in [0.717, 1.165) is 5.56 Å². The van der Waals surface area contributed by atoms with Gasteiger partial charge in [-0.25, -0.2) is 10.2 Å². The zero-order chi connectivity index (χ0) is 14.2. The van der Waals surface area contributed by atoms with E-state index in [4.69, 9.17) is 10.5 Å². The number of amides is 2. The number of hydrogen-bond donors (Lipinski definition) is 3. The molecule has 0 bridgehead atoms. The zero-order valence-corrected chi connectivity index (χ0v) is 11.1. The minimum atomic E-state index is -0.790. The molecule has 6 heteroatoms. The summed E-state index contributed by atoms with van der Waals surface area (Å²) in [5.41, 5.74) is 10.5. The van der Waals surface area contributed by atoms with Gasteiger partial charge < -0.3 is 10.5 Å². The molecule has 1 aliphatic heterocycles. The minimum absolute atomic E-state index is 0.135. The zero-order valence-electron chi connectivity index (χ0n) is 11.1. The number of hydrazine groups is 1. The number of hydrogen-bond acceptors (Lipinski definition) is 4. The van der Waals surface area contributed by atoms with E-state index in [0.29, 0.717) is 11.3 Å². The first-order valence-corrected chi connectivity index (χ1v) is 5.96. The Morgan fingerprint density at radius 1 is 1.42 bits per heavy atom. The number of aryl methyl sites for hydroxylation is 1. The van der Waals surface area contributed by atoms with Crippen LogP contribution in [-0.4, -0.2) is 23.5 Å². The van der Waals surface area contributed by atoms with Crippen LogP contribution in [0.15, 0.2) is 18.2 Å². The van der Waals surface area contributed by atoms with Gasteiger partial charge in [-0.15, -0.1) is 0 Å². The van der Waals surface area contributed by atoms with Crippen molar-refractivity contribution in [2.24, 2.45) is 5.73 Å². The van der Waals surface area contributed by atoms with Crippen molar-refractivity contribution in [3.05, 3.63) is 29.3 Å². The molecule has 19 heavy (non-hydrogen) atoms. The number of benzene rings is 1. The highest BCUT2D eigenvalue weighted by Gasteiger charge is 2.43. The average molecular weight is 263 g/mol. The number of carbonyl (C=O) groups is 2. The molecule has 1 heterocycles. The van der Waals surface area contributed by atoms with Crippen LogP contribution in [-0.2, 0) is 0 Å². The van der Waals surface area contributed by atoms with Crippen molar-refractivity contribution in [2.75, 3.05) is 0 Å². The molecule has 4 N–H and O–H groups in total. The van der Waals surface area contributed by atoms with Gasteiger partial charge in [0.05, 0.1) is 5.56 Å². The van der Waals surface area contributed by atoms with E-state index < -0.39 is 17.7 Å². The summed E-state index contributed by atoms with van der Waals surface area (Å²) in [5.74, 6) is 0.418. The first kappa shape index (κ1) is 13.4. The Bertz CT molecular complexity index is 540. The topological polar surface area (TPSA) is 93.5 Å². The molecule has 1 atom stereocenters. The van der Waals surface area contributed by atoms with Crippen LogP contribution in [0.4, 0.5) is 4.79 Å². The molecule has 0 aromatic heterocycles. The van der Waals surface area contributed by atoms with Gasteiger partial charge in [0.25, 0.3) is 0 Å². The quantitative estimate of drug-likeness (QED) is 0.691. The summed E-state index contributed by atoms with van der Waals surface area (Å²) in [6, 6.07) is 3.99. The van der Waals surface area contributed by atoms with Crippen molar-refractivity contribution in [2.45, 2.75) is 32.4 Å². The highest BCUT2D eigenvalue weighted by Crippen LogP contribution is 2.33. The Kier molecular flexibility index (Phi) is 3.20. The Morgan fingerprint density at radius 3 is 2.74 bits per heavy atom. The molecular weight excluding hydrogens is 246 g/mol. The molecule has 0 spiro atoms. The smallest absolute Gasteiger partial charge is 0.326 e. The number of nitrogens with one attached hydrogen (secondary N) is 2. The lowest BCUT2D eigenvalue weighted by molar-refractivity contribution is 0.0379. The fraction of sp³-hybridized carbons (Fsp3) is 0.385. The van der Waals surface area contributed by atoms with Gasteiger partial charge in [-0.2, -0.15) is 0 Å². The fourth-order valence-corrected chi connectivity index (χ4v) is 2.12. The molecule has 6 nitrogen and oxygen atoms in total. The van der Waals surface area contributed by atoms with Crippen molar-refractivity contribution < 1.29 is 14.3 Å². The van der Waals surface area contributed by atoms with E-state index in [1.807, 2.05) is 13.0 Å². The summed E-state index contributed by atoms with van der Waals surface area (Å²) in [7, 11) is 0. The molecule has 0 aliphatic carbocycles. The van der Waals surface area contributed by atoms with Gasteiger partial charge in [-0.3, -0.25) is 10.2 Å². The second kappa shape index (κ2) is 4.55. The third-order valence-electron chi connectivity index (χ3n) is 3.07. The van der Waals surface area contributed by atoms with Gasteiger partial charge >= 0.3 is 6.03 Å². The monoisotopic (exact) mass is 263 g/mol. The van der Waals surface area contributed by atoms with E-state index in [1.54, 1.807) is 26.0 Å². The molecule has 1 aliphatic rings. The van der Waals surface area contributed by atoms with E-state index in [2.05, 4.69) is 10.9 Å². The van der Waals surface area contributed by atoms with Gasteiger partial charge in [0.15, 0.2) is 5.78 Å². The number of ketones is 1. The number of primary amides is 1. The summed E-state index contributed by atoms with van der Waals surface area (Å²) in [6.45, 7) is 5.44. The maximum Gasteiger partial charge on any atom is 0.326 e. The van der Waals surface area contributed by atoms with Crippen LogP contribution in [0.25, 0.3) is 0 Å².